The minimum absolute atomic E-state index is 0.446. The van der Waals surface area contributed by atoms with Gasteiger partial charge in [-0.3, -0.25) is 0 Å². The van der Waals surface area contributed by atoms with Gasteiger partial charge in [0.2, 0.25) is 0 Å². The molecule has 0 fully saturated rings. The van der Waals surface area contributed by atoms with Crippen LogP contribution in [0.4, 0.5) is 5.82 Å². The van der Waals surface area contributed by atoms with Gasteiger partial charge in [-0.05, 0) is 18.8 Å². The minimum atomic E-state index is 0.446. The zero-order chi connectivity index (χ0) is 12.7. The Hall–Kier alpha value is -0.830. The monoisotopic (exact) mass is 255 g/mol. The smallest absolute Gasteiger partial charge is 0.131 e. The predicted molar refractivity (Wildman–Crippen MR) is 74.0 cm³/mol. The molecule has 0 saturated carbocycles. The summed E-state index contributed by atoms with van der Waals surface area (Å²) in [5.41, 5.74) is 1.10. The maximum Gasteiger partial charge on any atom is 0.131 e. The largest absolute Gasteiger partial charge is 0.360 e. The Bertz CT molecular complexity index is 328. The van der Waals surface area contributed by atoms with Crippen LogP contribution >= 0.6 is 11.6 Å². The Balaban J connectivity index is 2.50. The van der Waals surface area contributed by atoms with Gasteiger partial charge in [0.05, 0.1) is 0 Å². The van der Waals surface area contributed by atoms with Crippen molar-refractivity contribution in [1.82, 2.24) is 9.97 Å². The summed E-state index contributed by atoms with van der Waals surface area (Å²) >= 11 is 5.66. The third-order valence-corrected chi connectivity index (χ3v) is 3.05. The summed E-state index contributed by atoms with van der Waals surface area (Å²) in [5.74, 6) is 2.21. The van der Waals surface area contributed by atoms with E-state index in [2.05, 4.69) is 41.8 Å². The van der Waals surface area contributed by atoms with Gasteiger partial charge < -0.3 is 4.90 Å². The van der Waals surface area contributed by atoms with Crippen molar-refractivity contribution in [3.63, 3.8) is 0 Å². The number of unbranched alkanes of at least 4 members (excludes halogenated alkanes) is 2. The normalized spacial score (nSPS) is 10.9. The Labute approximate surface area is 109 Å². The molecule has 1 rings (SSSR count). The molecule has 0 saturated heterocycles. The van der Waals surface area contributed by atoms with E-state index in [4.69, 9.17) is 11.6 Å². The van der Waals surface area contributed by atoms with Gasteiger partial charge in [-0.25, -0.2) is 9.97 Å². The van der Waals surface area contributed by atoms with Gasteiger partial charge in [0.15, 0.2) is 0 Å². The molecule has 0 aliphatic heterocycles. The molecule has 0 N–H and O–H groups in total. The van der Waals surface area contributed by atoms with E-state index in [0.29, 0.717) is 5.92 Å². The van der Waals surface area contributed by atoms with Crippen molar-refractivity contribution in [2.45, 2.75) is 39.0 Å². The molecule has 0 aromatic carbocycles. The topological polar surface area (TPSA) is 29.0 Å². The predicted octanol–water partition coefficient (Wildman–Crippen LogP) is 3.45. The lowest BCUT2D eigenvalue weighted by Crippen LogP contribution is -2.20. The van der Waals surface area contributed by atoms with E-state index < -0.39 is 0 Å². The first-order valence-corrected chi connectivity index (χ1v) is 6.77. The molecule has 0 bridgehead atoms. The van der Waals surface area contributed by atoms with Gasteiger partial charge in [-0.1, -0.05) is 20.3 Å². The molecule has 0 aliphatic rings. The van der Waals surface area contributed by atoms with E-state index in [0.717, 1.165) is 36.8 Å². The van der Waals surface area contributed by atoms with Crippen LogP contribution in [0.3, 0.4) is 0 Å². The van der Waals surface area contributed by atoms with Crippen LogP contribution in [0.2, 0.25) is 0 Å². The molecule has 17 heavy (non-hydrogen) atoms. The molecular weight excluding hydrogens is 234 g/mol. The second-order valence-electron chi connectivity index (χ2n) is 4.63. The molecule has 3 nitrogen and oxygen atoms in total. The van der Waals surface area contributed by atoms with Crippen molar-refractivity contribution in [2.24, 2.45) is 0 Å². The fourth-order valence-corrected chi connectivity index (χ4v) is 1.81. The Morgan fingerprint density at radius 3 is 2.65 bits per heavy atom. The highest BCUT2D eigenvalue weighted by Gasteiger charge is 2.06. The zero-order valence-corrected chi connectivity index (χ0v) is 11.7. The van der Waals surface area contributed by atoms with Gasteiger partial charge in [-0.15, -0.1) is 11.6 Å². The molecule has 1 heterocycles. The summed E-state index contributed by atoms with van der Waals surface area (Å²) in [7, 11) is 2.08. The molecule has 0 atom stereocenters. The van der Waals surface area contributed by atoms with Crippen LogP contribution in [0.15, 0.2) is 12.4 Å². The maximum absolute atomic E-state index is 5.66. The Morgan fingerprint density at radius 1 is 1.24 bits per heavy atom. The van der Waals surface area contributed by atoms with Crippen LogP contribution in [0.5, 0.6) is 0 Å². The highest BCUT2D eigenvalue weighted by atomic mass is 35.5. The van der Waals surface area contributed by atoms with Crippen LogP contribution in [0, 0.1) is 0 Å². The maximum atomic E-state index is 5.66. The molecule has 96 valence electrons. The van der Waals surface area contributed by atoms with E-state index >= 15 is 0 Å². The van der Waals surface area contributed by atoms with E-state index in [-0.39, 0.29) is 0 Å². The van der Waals surface area contributed by atoms with Crippen molar-refractivity contribution in [2.75, 3.05) is 24.4 Å². The van der Waals surface area contributed by atoms with Gasteiger partial charge in [0, 0.05) is 31.2 Å². The average Bonchev–Trinajstić information content (AvgIpc) is 2.34. The third kappa shape index (κ3) is 4.90. The summed E-state index contributed by atoms with van der Waals surface area (Å²) in [6.07, 6.45) is 5.08. The highest BCUT2D eigenvalue weighted by Crippen LogP contribution is 2.16. The van der Waals surface area contributed by atoms with Gasteiger partial charge in [0.25, 0.3) is 0 Å². The molecular formula is C13H22ClN3. The quantitative estimate of drug-likeness (QED) is 0.552. The lowest BCUT2D eigenvalue weighted by molar-refractivity contribution is 0.701. The average molecular weight is 256 g/mol. The fraction of sp³-hybridized carbons (Fsp3) is 0.692. The minimum Gasteiger partial charge on any atom is -0.360 e. The molecule has 1 aromatic rings. The van der Waals surface area contributed by atoms with Crippen LogP contribution in [-0.4, -0.2) is 29.4 Å². The second kappa shape index (κ2) is 7.49. The van der Waals surface area contributed by atoms with E-state index in [9.17, 15) is 0 Å². The number of hydrogen-bond acceptors (Lipinski definition) is 3. The van der Waals surface area contributed by atoms with Crippen molar-refractivity contribution in [3.05, 3.63) is 18.1 Å². The number of anilines is 1. The Kier molecular flexibility index (Phi) is 6.27. The van der Waals surface area contributed by atoms with Gasteiger partial charge in [-0.2, -0.15) is 0 Å². The molecule has 0 spiro atoms. The first kappa shape index (κ1) is 14.2. The Morgan fingerprint density at radius 2 is 2.00 bits per heavy atom. The van der Waals surface area contributed by atoms with Crippen molar-refractivity contribution in [3.8, 4) is 0 Å². The van der Waals surface area contributed by atoms with E-state index in [1.165, 1.54) is 6.42 Å². The lowest BCUT2D eigenvalue weighted by Gasteiger charge is -2.18. The lowest BCUT2D eigenvalue weighted by atomic mass is 10.1. The molecule has 4 heteroatoms. The molecule has 0 radical (unpaired) electrons. The summed E-state index contributed by atoms with van der Waals surface area (Å²) in [6, 6.07) is 2.08. The SMILES string of the molecule is CC(C)c1cc(N(C)CCCCCCl)ncn1. The highest BCUT2D eigenvalue weighted by molar-refractivity contribution is 6.17. The van der Waals surface area contributed by atoms with Gasteiger partial charge in [0.1, 0.15) is 12.1 Å². The molecule has 0 amide bonds. The second-order valence-corrected chi connectivity index (χ2v) is 5.00. The number of aromatic nitrogens is 2. The molecule has 0 unspecified atom stereocenters. The van der Waals surface area contributed by atoms with E-state index in [1.54, 1.807) is 6.33 Å². The van der Waals surface area contributed by atoms with Crippen molar-refractivity contribution >= 4 is 17.4 Å². The first-order valence-electron chi connectivity index (χ1n) is 6.24. The van der Waals surface area contributed by atoms with Crippen LogP contribution < -0.4 is 4.90 Å². The number of nitrogens with zero attached hydrogens (tertiary/aromatic N) is 3. The first-order chi connectivity index (χ1) is 8.15. The van der Waals surface area contributed by atoms with Gasteiger partial charge >= 0.3 is 0 Å². The standard InChI is InChI=1S/C13H22ClN3/c1-11(2)12-9-13(16-10-15-12)17(3)8-6-4-5-7-14/h9-11H,4-8H2,1-3H3. The zero-order valence-electron chi connectivity index (χ0n) is 11.0. The number of halogens is 1. The van der Waals surface area contributed by atoms with Crippen LogP contribution in [-0.2, 0) is 0 Å². The third-order valence-electron chi connectivity index (χ3n) is 2.78. The summed E-state index contributed by atoms with van der Waals surface area (Å²) in [6.45, 7) is 5.31. The summed E-state index contributed by atoms with van der Waals surface area (Å²) < 4.78 is 0. The number of rotatable bonds is 7. The van der Waals surface area contributed by atoms with Crippen molar-refractivity contribution < 1.29 is 0 Å². The van der Waals surface area contributed by atoms with E-state index in [1.807, 2.05) is 0 Å². The van der Waals surface area contributed by atoms with Crippen LogP contribution in [0.25, 0.3) is 0 Å². The number of hydrogen-bond donors (Lipinski definition) is 0. The summed E-state index contributed by atoms with van der Waals surface area (Å²) in [4.78, 5) is 10.8. The fourth-order valence-electron chi connectivity index (χ4n) is 1.62. The van der Waals surface area contributed by atoms with Crippen LogP contribution in [0.1, 0.15) is 44.7 Å². The molecule has 1 aromatic heterocycles. The molecule has 0 aliphatic carbocycles. The summed E-state index contributed by atoms with van der Waals surface area (Å²) in [5, 5.41) is 0. The number of alkyl halides is 1. The van der Waals surface area contributed by atoms with Crippen molar-refractivity contribution in [1.29, 1.82) is 0 Å².